The molecule has 1 fully saturated rings. The van der Waals surface area contributed by atoms with Gasteiger partial charge in [0.2, 0.25) is 5.91 Å². The maximum Gasteiger partial charge on any atom is 0.341 e. The number of piperidine rings is 1. The number of urea groups is 1. The van der Waals surface area contributed by atoms with Gasteiger partial charge in [-0.2, -0.15) is 0 Å². The van der Waals surface area contributed by atoms with E-state index in [-0.39, 0.29) is 17.9 Å². The number of likely N-dealkylation sites (tertiary alicyclic amines) is 1. The number of esters is 1. The second kappa shape index (κ2) is 11.5. The van der Waals surface area contributed by atoms with Crippen LogP contribution in [0.25, 0.3) is 0 Å². The van der Waals surface area contributed by atoms with Gasteiger partial charge < -0.3 is 15.0 Å². The van der Waals surface area contributed by atoms with Gasteiger partial charge in [0.15, 0.2) is 0 Å². The lowest BCUT2D eigenvalue weighted by molar-refractivity contribution is -0.131. The van der Waals surface area contributed by atoms with E-state index in [4.69, 9.17) is 4.74 Å². The first-order valence-corrected chi connectivity index (χ1v) is 13.0. The molecule has 1 aliphatic carbocycles. The molecule has 1 saturated heterocycles. The third-order valence-electron chi connectivity index (χ3n) is 6.59. The van der Waals surface area contributed by atoms with E-state index < -0.39 is 0 Å². The molecule has 0 saturated carbocycles. The number of benzene rings is 1. The summed E-state index contributed by atoms with van der Waals surface area (Å²) in [6.45, 7) is 4.07. The average Bonchev–Trinajstić information content (AvgIpc) is 3.21. The first-order chi connectivity index (χ1) is 16.5. The fourth-order valence-electron chi connectivity index (χ4n) is 4.73. The van der Waals surface area contributed by atoms with Gasteiger partial charge in [0, 0.05) is 24.5 Å². The number of carbonyl (C=O) groups excluding carboxylic acids is 3. The molecular weight excluding hydrogens is 450 g/mol. The van der Waals surface area contributed by atoms with Crippen LogP contribution in [0.2, 0.25) is 0 Å². The van der Waals surface area contributed by atoms with E-state index in [1.165, 1.54) is 16.2 Å². The fourth-order valence-corrected chi connectivity index (χ4v) is 6.00. The Morgan fingerprint density at radius 3 is 2.56 bits per heavy atom. The predicted octanol–water partition coefficient (Wildman–Crippen LogP) is 4.41. The zero-order chi connectivity index (χ0) is 23.9. The van der Waals surface area contributed by atoms with Crippen molar-refractivity contribution in [1.29, 1.82) is 0 Å². The number of hydrogen-bond acceptors (Lipinski definition) is 5. The molecule has 3 amide bonds. The Labute approximate surface area is 204 Å². The van der Waals surface area contributed by atoms with Gasteiger partial charge in [-0.15, -0.1) is 11.3 Å². The van der Waals surface area contributed by atoms with Crippen LogP contribution in [0.15, 0.2) is 30.3 Å². The molecule has 34 heavy (non-hydrogen) atoms. The maximum absolute atomic E-state index is 12.6. The first kappa shape index (κ1) is 24.3. The van der Waals surface area contributed by atoms with E-state index in [9.17, 15) is 14.4 Å². The van der Waals surface area contributed by atoms with E-state index in [2.05, 4.69) is 10.6 Å². The first-order valence-electron chi connectivity index (χ1n) is 12.2. The summed E-state index contributed by atoms with van der Waals surface area (Å²) >= 11 is 1.49. The fraction of sp³-hybridized carbons (Fsp3) is 0.500. The molecule has 0 atom stereocenters. The largest absolute Gasteiger partial charge is 0.462 e. The zero-order valence-corrected chi connectivity index (χ0v) is 20.5. The molecule has 0 bridgehead atoms. The second-order valence-corrected chi connectivity index (χ2v) is 10.1. The van der Waals surface area contributed by atoms with Crippen molar-refractivity contribution in [3.05, 3.63) is 51.9 Å². The lowest BCUT2D eigenvalue weighted by atomic mass is 9.95. The Morgan fingerprint density at radius 2 is 1.82 bits per heavy atom. The van der Waals surface area contributed by atoms with Gasteiger partial charge in [-0.1, -0.05) is 30.3 Å². The summed E-state index contributed by atoms with van der Waals surface area (Å²) in [6, 6.07) is 9.51. The molecule has 0 spiro atoms. The van der Waals surface area contributed by atoms with E-state index in [1.807, 2.05) is 35.2 Å². The topological polar surface area (TPSA) is 87.7 Å². The molecule has 2 heterocycles. The number of carbonyl (C=O) groups is 3. The van der Waals surface area contributed by atoms with Crippen LogP contribution < -0.4 is 10.6 Å². The Kier molecular flexibility index (Phi) is 8.21. The summed E-state index contributed by atoms with van der Waals surface area (Å²) < 4.78 is 5.26. The lowest BCUT2D eigenvalue weighted by Gasteiger charge is -2.32. The minimum atomic E-state index is -0.357. The molecule has 1 aromatic carbocycles. The zero-order valence-electron chi connectivity index (χ0n) is 19.7. The van der Waals surface area contributed by atoms with Crippen LogP contribution >= 0.6 is 11.3 Å². The highest BCUT2D eigenvalue weighted by Crippen LogP contribution is 2.38. The number of thiophene rings is 1. The Hall–Kier alpha value is -2.87. The van der Waals surface area contributed by atoms with Gasteiger partial charge in [0.25, 0.3) is 0 Å². The molecule has 2 aromatic rings. The number of ether oxygens (including phenoxy) is 1. The predicted molar refractivity (Wildman–Crippen MR) is 133 cm³/mol. The van der Waals surface area contributed by atoms with Crippen molar-refractivity contribution in [2.75, 3.05) is 31.6 Å². The summed E-state index contributed by atoms with van der Waals surface area (Å²) in [6.07, 6.45) is 6.11. The molecule has 2 aliphatic rings. The molecule has 7 nitrogen and oxygen atoms in total. The molecule has 4 rings (SSSR count). The van der Waals surface area contributed by atoms with Crippen molar-refractivity contribution in [3.8, 4) is 0 Å². The van der Waals surface area contributed by atoms with Crippen molar-refractivity contribution in [3.63, 3.8) is 0 Å². The Bertz CT molecular complexity index is 1010. The van der Waals surface area contributed by atoms with Gasteiger partial charge in [-0.3, -0.25) is 10.1 Å². The third kappa shape index (κ3) is 5.97. The van der Waals surface area contributed by atoms with Crippen LogP contribution in [0.3, 0.4) is 0 Å². The highest BCUT2D eigenvalue weighted by atomic mass is 32.1. The molecule has 2 N–H and O–H groups in total. The van der Waals surface area contributed by atoms with Gasteiger partial charge in [-0.25, -0.2) is 9.59 Å². The molecular formula is C26H33N3O4S. The standard InChI is InChI=1S/C26H33N3O4S/c1-2-33-25(31)23-20-10-6-7-11-21(20)34-24(23)28-26(32)27-17-19-12-14-29(15-13-19)22(30)16-18-8-4-3-5-9-18/h3-5,8-9,19H,2,6-7,10-17H2,1H3,(H2,27,28,32). The number of nitrogens with zero attached hydrogens (tertiary/aromatic N) is 1. The van der Waals surface area contributed by atoms with Crippen LogP contribution in [-0.2, 0) is 28.8 Å². The monoisotopic (exact) mass is 483 g/mol. The summed E-state index contributed by atoms with van der Waals surface area (Å²) in [5.41, 5.74) is 2.60. The van der Waals surface area contributed by atoms with Gasteiger partial charge in [0.1, 0.15) is 5.00 Å². The smallest absolute Gasteiger partial charge is 0.341 e. The summed E-state index contributed by atoms with van der Waals surface area (Å²) in [7, 11) is 0. The lowest BCUT2D eigenvalue weighted by Crippen LogP contribution is -2.42. The van der Waals surface area contributed by atoms with Crippen molar-refractivity contribution >= 4 is 34.2 Å². The highest BCUT2D eigenvalue weighted by molar-refractivity contribution is 7.17. The number of hydrogen-bond donors (Lipinski definition) is 2. The Balaban J connectivity index is 1.26. The highest BCUT2D eigenvalue weighted by Gasteiger charge is 2.28. The maximum atomic E-state index is 12.6. The summed E-state index contributed by atoms with van der Waals surface area (Å²) in [5.74, 6) is 0.126. The number of amides is 3. The van der Waals surface area contributed by atoms with E-state index in [0.717, 1.165) is 49.7 Å². The number of anilines is 1. The number of fused-ring (bicyclic) bond motifs is 1. The summed E-state index contributed by atoms with van der Waals surface area (Å²) in [5, 5.41) is 6.46. The number of nitrogens with one attached hydrogen (secondary N) is 2. The van der Waals surface area contributed by atoms with Gasteiger partial charge in [0.05, 0.1) is 18.6 Å². The minimum absolute atomic E-state index is 0.156. The number of rotatable bonds is 7. The molecule has 182 valence electrons. The SMILES string of the molecule is CCOC(=O)c1c(NC(=O)NCC2CCN(C(=O)Cc3ccccc3)CC2)sc2c1CCCC2. The van der Waals surface area contributed by atoms with Crippen molar-refractivity contribution in [2.24, 2.45) is 5.92 Å². The van der Waals surface area contributed by atoms with E-state index in [1.54, 1.807) is 6.92 Å². The molecule has 8 heteroatoms. The molecule has 0 unspecified atom stereocenters. The van der Waals surface area contributed by atoms with Gasteiger partial charge >= 0.3 is 12.0 Å². The average molecular weight is 484 g/mol. The van der Waals surface area contributed by atoms with Crippen molar-refractivity contribution < 1.29 is 19.1 Å². The molecule has 1 aliphatic heterocycles. The third-order valence-corrected chi connectivity index (χ3v) is 7.80. The van der Waals surface area contributed by atoms with Crippen LogP contribution in [0.1, 0.15) is 59.0 Å². The van der Waals surface area contributed by atoms with Crippen LogP contribution in [-0.4, -0.2) is 49.0 Å². The number of aryl methyl sites for hydroxylation is 1. The normalized spacial score (nSPS) is 16.0. The van der Waals surface area contributed by atoms with Crippen molar-refractivity contribution in [1.82, 2.24) is 10.2 Å². The minimum Gasteiger partial charge on any atom is -0.462 e. The van der Waals surface area contributed by atoms with Gasteiger partial charge in [-0.05, 0) is 62.5 Å². The van der Waals surface area contributed by atoms with Crippen LogP contribution in [0, 0.1) is 5.92 Å². The quantitative estimate of drug-likeness (QED) is 0.571. The Morgan fingerprint density at radius 1 is 1.09 bits per heavy atom. The van der Waals surface area contributed by atoms with E-state index >= 15 is 0 Å². The summed E-state index contributed by atoms with van der Waals surface area (Å²) in [4.78, 5) is 40.9. The van der Waals surface area contributed by atoms with Crippen LogP contribution in [0.5, 0.6) is 0 Å². The molecule has 0 radical (unpaired) electrons. The van der Waals surface area contributed by atoms with Crippen molar-refractivity contribution in [2.45, 2.75) is 51.9 Å². The van der Waals surface area contributed by atoms with Crippen LogP contribution in [0.4, 0.5) is 9.80 Å². The molecule has 1 aromatic heterocycles. The van der Waals surface area contributed by atoms with E-state index in [0.29, 0.717) is 49.1 Å². The second-order valence-electron chi connectivity index (χ2n) is 8.96.